The van der Waals surface area contributed by atoms with E-state index in [4.69, 9.17) is 4.74 Å². The molecule has 0 unspecified atom stereocenters. The van der Waals surface area contributed by atoms with Crippen LogP contribution < -0.4 is 0 Å². The summed E-state index contributed by atoms with van der Waals surface area (Å²) in [5.74, 6) is 0.782. The van der Waals surface area contributed by atoms with E-state index < -0.39 is 0 Å². The number of ether oxygens (including phenoxy) is 1. The van der Waals surface area contributed by atoms with Crippen LogP contribution in [0.5, 0.6) is 0 Å². The smallest absolute Gasteiger partial charge is 0.0732 e. The van der Waals surface area contributed by atoms with Crippen LogP contribution in [0.3, 0.4) is 0 Å². The predicted molar refractivity (Wildman–Crippen MR) is 97.9 cm³/mol. The minimum atomic E-state index is 0.351. The molecule has 1 saturated heterocycles. The van der Waals surface area contributed by atoms with E-state index in [1.807, 2.05) is 24.8 Å². The molecule has 4 rings (SSSR count). The van der Waals surface area contributed by atoms with Crippen LogP contribution in [0.25, 0.3) is 0 Å². The van der Waals surface area contributed by atoms with E-state index in [0.717, 1.165) is 25.6 Å². The maximum absolute atomic E-state index is 6.19. The van der Waals surface area contributed by atoms with Gasteiger partial charge in [-0.15, -0.1) is 0 Å². The van der Waals surface area contributed by atoms with Crippen molar-refractivity contribution in [2.75, 3.05) is 19.7 Å². The van der Waals surface area contributed by atoms with Crippen LogP contribution in [0, 0.1) is 18.3 Å². The summed E-state index contributed by atoms with van der Waals surface area (Å²) in [6.07, 6.45) is 11.6. The molecule has 0 N–H and O–H groups in total. The van der Waals surface area contributed by atoms with E-state index in [1.165, 1.54) is 42.5 Å². The van der Waals surface area contributed by atoms with Gasteiger partial charge in [-0.2, -0.15) is 0 Å². The fourth-order valence-corrected chi connectivity index (χ4v) is 4.70. The Bertz CT molecular complexity index is 705. The van der Waals surface area contributed by atoms with Crippen molar-refractivity contribution in [3.63, 3.8) is 0 Å². The lowest BCUT2D eigenvalue weighted by atomic mass is 9.81. The highest BCUT2D eigenvalue weighted by atomic mass is 16.5. The number of hydrogen-bond donors (Lipinski definition) is 0. The summed E-state index contributed by atoms with van der Waals surface area (Å²) in [5, 5.41) is 0. The molecule has 0 spiro atoms. The lowest BCUT2D eigenvalue weighted by Crippen LogP contribution is -2.32. The Labute approximate surface area is 150 Å². The second kappa shape index (κ2) is 7.22. The van der Waals surface area contributed by atoms with Crippen LogP contribution in [-0.4, -0.2) is 34.6 Å². The molecule has 25 heavy (non-hydrogen) atoms. The number of hydrogen-bond acceptors (Lipinski definition) is 4. The number of aromatic nitrogens is 2. The number of nitrogens with zero attached hydrogens (tertiary/aromatic N) is 3. The molecule has 0 aromatic carbocycles. The molecule has 132 valence electrons. The third kappa shape index (κ3) is 3.75. The minimum absolute atomic E-state index is 0.351. The van der Waals surface area contributed by atoms with Crippen molar-refractivity contribution in [3.8, 4) is 0 Å². The summed E-state index contributed by atoms with van der Waals surface area (Å²) < 4.78 is 6.19. The van der Waals surface area contributed by atoms with Gasteiger partial charge in [0.05, 0.1) is 13.2 Å². The van der Waals surface area contributed by atoms with Crippen LogP contribution >= 0.6 is 0 Å². The monoisotopic (exact) mass is 337 g/mol. The number of fused-ring (bicyclic) bond motifs is 1. The first kappa shape index (κ1) is 16.7. The zero-order chi connectivity index (χ0) is 17.1. The molecule has 2 fully saturated rings. The van der Waals surface area contributed by atoms with Crippen molar-refractivity contribution in [3.05, 3.63) is 59.7 Å². The molecular formula is C21H27N3O. The van der Waals surface area contributed by atoms with Gasteiger partial charge in [0.15, 0.2) is 0 Å². The molecule has 1 aliphatic heterocycles. The highest BCUT2D eigenvalue weighted by molar-refractivity contribution is 5.16. The third-order valence-corrected chi connectivity index (χ3v) is 5.86. The molecule has 1 saturated carbocycles. The average Bonchev–Trinajstić information content (AvgIpc) is 3.12. The van der Waals surface area contributed by atoms with Crippen molar-refractivity contribution < 1.29 is 4.74 Å². The van der Waals surface area contributed by atoms with Gasteiger partial charge in [-0.3, -0.25) is 14.9 Å². The molecule has 0 radical (unpaired) electrons. The molecule has 4 heteroatoms. The van der Waals surface area contributed by atoms with Gasteiger partial charge in [-0.25, -0.2) is 0 Å². The van der Waals surface area contributed by atoms with Crippen molar-refractivity contribution in [2.45, 2.75) is 39.3 Å². The SMILES string of the molecule is Cc1cncc(COC[C@]23CCC[C@H]2CN(Cc2ccncc2)C3)c1. The molecule has 2 atom stereocenters. The zero-order valence-electron chi connectivity index (χ0n) is 15.0. The number of pyridine rings is 2. The second-order valence-electron chi connectivity index (χ2n) is 7.84. The Morgan fingerprint density at radius 2 is 2.08 bits per heavy atom. The first-order chi connectivity index (χ1) is 12.2. The number of aryl methyl sites for hydroxylation is 1. The van der Waals surface area contributed by atoms with Gasteiger partial charge in [0.2, 0.25) is 0 Å². The standard InChI is InChI=1S/C21H27N3O/c1-17-9-19(11-23-10-17)14-25-16-21-6-2-3-20(21)13-24(15-21)12-18-4-7-22-8-5-18/h4-5,7-11,20H,2-3,6,12-16H2,1H3/t20-,21+/m0/s1. The maximum Gasteiger partial charge on any atom is 0.0732 e. The van der Waals surface area contributed by atoms with Crippen molar-refractivity contribution in [2.24, 2.45) is 11.3 Å². The van der Waals surface area contributed by atoms with E-state index >= 15 is 0 Å². The lowest BCUT2D eigenvalue weighted by molar-refractivity contribution is 0.0265. The summed E-state index contributed by atoms with van der Waals surface area (Å²) in [5.41, 5.74) is 4.08. The normalized spacial score (nSPS) is 26.0. The van der Waals surface area contributed by atoms with Crippen molar-refractivity contribution >= 4 is 0 Å². The second-order valence-corrected chi connectivity index (χ2v) is 7.84. The third-order valence-electron chi connectivity index (χ3n) is 5.86. The number of likely N-dealkylation sites (tertiary alicyclic amines) is 1. The Morgan fingerprint density at radius 3 is 2.92 bits per heavy atom. The zero-order valence-corrected chi connectivity index (χ0v) is 15.0. The van der Waals surface area contributed by atoms with Gasteiger partial charge in [-0.1, -0.05) is 12.5 Å². The molecule has 2 aliphatic rings. The Kier molecular flexibility index (Phi) is 4.82. The van der Waals surface area contributed by atoms with Crippen LogP contribution in [0.4, 0.5) is 0 Å². The topological polar surface area (TPSA) is 38.2 Å². The average molecular weight is 337 g/mol. The van der Waals surface area contributed by atoms with Crippen LogP contribution in [0.15, 0.2) is 43.0 Å². The highest BCUT2D eigenvalue weighted by Gasteiger charge is 2.49. The first-order valence-corrected chi connectivity index (χ1v) is 9.33. The van der Waals surface area contributed by atoms with E-state index in [1.54, 1.807) is 0 Å². The molecule has 3 heterocycles. The summed E-state index contributed by atoms with van der Waals surface area (Å²) in [4.78, 5) is 11.0. The molecule has 4 nitrogen and oxygen atoms in total. The summed E-state index contributed by atoms with van der Waals surface area (Å²) in [7, 11) is 0. The van der Waals surface area contributed by atoms with Crippen LogP contribution in [0.2, 0.25) is 0 Å². The fraction of sp³-hybridized carbons (Fsp3) is 0.524. The Hall–Kier alpha value is -1.78. The van der Waals surface area contributed by atoms with E-state index in [2.05, 4.69) is 40.0 Å². The van der Waals surface area contributed by atoms with Crippen molar-refractivity contribution in [1.29, 1.82) is 0 Å². The minimum Gasteiger partial charge on any atom is -0.376 e. The van der Waals surface area contributed by atoms with Gasteiger partial charge in [0.25, 0.3) is 0 Å². The molecule has 2 aromatic heterocycles. The van der Waals surface area contributed by atoms with Crippen LogP contribution in [-0.2, 0) is 17.9 Å². The lowest BCUT2D eigenvalue weighted by Gasteiger charge is -2.29. The van der Waals surface area contributed by atoms with Gasteiger partial charge < -0.3 is 4.74 Å². The molecular weight excluding hydrogens is 310 g/mol. The van der Waals surface area contributed by atoms with E-state index in [0.29, 0.717) is 12.0 Å². The van der Waals surface area contributed by atoms with Gasteiger partial charge in [0, 0.05) is 49.8 Å². The number of rotatable bonds is 6. The summed E-state index contributed by atoms with van der Waals surface area (Å²) in [6, 6.07) is 6.42. The summed E-state index contributed by atoms with van der Waals surface area (Å²) in [6.45, 7) is 7.02. The Balaban J connectivity index is 1.36. The molecule has 1 aliphatic carbocycles. The molecule has 0 amide bonds. The molecule has 0 bridgehead atoms. The van der Waals surface area contributed by atoms with Gasteiger partial charge in [-0.05, 0) is 54.5 Å². The van der Waals surface area contributed by atoms with Crippen LogP contribution in [0.1, 0.15) is 36.0 Å². The van der Waals surface area contributed by atoms with Crippen molar-refractivity contribution in [1.82, 2.24) is 14.9 Å². The first-order valence-electron chi connectivity index (χ1n) is 9.33. The summed E-state index contributed by atoms with van der Waals surface area (Å²) >= 11 is 0. The van der Waals surface area contributed by atoms with Gasteiger partial charge >= 0.3 is 0 Å². The van der Waals surface area contributed by atoms with E-state index in [9.17, 15) is 0 Å². The maximum atomic E-state index is 6.19. The largest absolute Gasteiger partial charge is 0.376 e. The highest BCUT2D eigenvalue weighted by Crippen LogP contribution is 2.49. The fourth-order valence-electron chi connectivity index (χ4n) is 4.70. The van der Waals surface area contributed by atoms with E-state index in [-0.39, 0.29) is 0 Å². The quantitative estimate of drug-likeness (QED) is 0.807. The van der Waals surface area contributed by atoms with Gasteiger partial charge in [0.1, 0.15) is 0 Å². The molecule has 2 aromatic rings. The Morgan fingerprint density at radius 1 is 1.20 bits per heavy atom. The predicted octanol–water partition coefficient (Wildman–Crippen LogP) is 3.60.